The van der Waals surface area contributed by atoms with Crippen molar-refractivity contribution in [3.63, 3.8) is 0 Å². The second kappa shape index (κ2) is 10.4. The van der Waals surface area contributed by atoms with Gasteiger partial charge in [0.25, 0.3) is 5.91 Å². The molecule has 40 heavy (non-hydrogen) atoms. The van der Waals surface area contributed by atoms with Crippen molar-refractivity contribution < 1.29 is 14.7 Å². The molecule has 0 aliphatic rings. The van der Waals surface area contributed by atoms with Gasteiger partial charge in [-0.15, -0.1) is 5.10 Å². The quantitative estimate of drug-likeness (QED) is 0.268. The molecule has 1 amide bonds. The molecule has 0 aliphatic carbocycles. The summed E-state index contributed by atoms with van der Waals surface area (Å²) in [7, 11) is 0. The van der Waals surface area contributed by atoms with Crippen LogP contribution in [0.15, 0.2) is 103 Å². The van der Waals surface area contributed by atoms with Crippen molar-refractivity contribution in [2.24, 2.45) is 0 Å². The predicted octanol–water partition coefficient (Wildman–Crippen LogP) is 5.88. The van der Waals surface area contributed by atoms with E-state index in [1.54, 1.807) is 23.0 Å². The Morgan fingerprint density at radius 1 is 0.875 bits per heavy atom. The summed E-state index contributed by atoms with van der Waals surface area (Å²) in [5, 5.41) is 22.2. The van der Waals surface area contributed by atoms with Crippen molar-refractivity contribution in [1.82, 2.24) is 25.3 Å². The number of aromatic carboxylic acids is 1. The molecule has 2 N–H and O–H groups in total. The van der Waals surface area contributed by atoms with E-state index in [9.17, 15) is 14.7 Å². The number of amides is 1. The number of carboxylic acids is 1. The van der Waals surface area contributed by atoms with Crippen LogP contribution in [0.1, 0.15) is 44.8 Å². The number of benzene rings is 4. The zero-order chi connectivity index (χ0) is 27.6. The maximum Gasteiger partial charge on any atom is 0.335 e. The van der Waals surface area contributed by atoms with Crippen LogP contribution in [0.3, 0.4) is 0 Å². The highest BCUT2D eigenvalue weighted by Gasteiger charge is 2.20. The number of hydrogen-bond acceptors (Lipinski definition) is 5. The molecule has 0 bridgehead atoms. The standard InChI is InChI=1S/C32H25N5O3/c1-20(22-10-12-24(13-11-22)32(39)40)34-31(38)27-17-26(23-6-3-2-4-7-23)18-29-30(27)37(36-35-29)19-21-9-14-28-25(16-21)8-5-15-33-28/h2-18,20H,19H2,1H3,(H,34,38)(H,39,40)/t20-/m0/s1. The third-order valence-electron chi connectivity index (χ3n) is 6.97. The molecule has 0 spiro atoms. The highest BCUT2D eigenvalue weighted by Crippen LogP contribution is 2.28. The zero-order valence-corrected chi connectivity index (χ0v) is 21.7. The Bertz CT molecular complexity index is 1860. The van der Waals surface area contributed by atoms with E-state index < -0.39 is 5.97 Å². The minimum Gasteiger partial charge on any atom is -0.478 e. The second-order valence-electron chi connectivity index (χ2n) is 9.66. The van der Waals surface area contributed by atoms with Gasteiger partial charge in [-0.3, -0.25) is 9.78 Å². The lowest BCUT2D eigenvalue weighted by Crippen LogP contribution is -2.27. The fourth-order valence-corrected chi connectivity index (χ4v) is 4.86. The summed E-state index contributed by atoms with van der Waals surface area (Å²) in [6.07, 6.45) is 1.77. The van der Waals surface area contributed by atoms with Crippen LogP contribution in [0.5, 0.6) is 0 Å². The van der Waals surface area contributed by atoms with Crippen molar-refractivity contribution in [2.45, 2.75) is 19.5 Å². The number of carboxylic acid groups (broad SMARTS) is 1. The number of rotatable bonds is 7. The first kappa shape index (κ1) is 24.9. The average molecular weight is 528 g/mol. The average Bonchev–Trinajstić information content (AvgIpc) is 3.39. The van der Waals surface area contributed by atoms with Crippen molar-refractivity contribution in [2.75, 3.05) is 0 Å². The fraction of sp³-hybridized carbons (Fsp3) is 0.0938. The lowest BCUT2D eigenvalue weighted by Gasteiger charge is -2.16. The van der Waals surface area contributed by atoms with E-state index in [0.717, 1.165) is 33.2 Å². The van der Waals surface area contributed by atoms with E-state index >= 15 is 0 Å². The number of hydrogen-bond donors (Lipinski definition) is 2. The predicted molar refractivity (Wildman–Crippen MR) is 153 cm³/mol. The van der Waals surface area contributed by atoms with Gasteiger partial charge in [0.15, 0.2) is 0 Å². The van der Waals surface area contributed by atoms with Gasteiger partial charge in [0.05, 0.1) is 29.2 Å². The zero-order valence-electron chi connectivity index (χ0n) is 21.7. The molecular weight excluding hydrogens is 502 g/mol. The maximum atomic E-state index is 13.8. The summed E-state index contributed by atoms with van der Waals surface area (Å²) in [6, 6.07) is 29.7. The molecule has 0 saturated heterocycles. The van der Waals surface area contributed by atoms with Crippen LogP contribution in [0.4, 0.5) is 0 Å². The molecule has 0 unspecified atom stereocenters. The second-order valence-corrected chi connectivity index (χ2v) is 9.66. The molecule has 196 valence electrons. The molecule has 8 heteroatoms. The Hall–Kier alpha value is -5.37. The van der Waals surface area contributed by atoms with Crippen molar-refractivity contribution in [1.29, 1.82) is 0 Å². The Labute approximate surface area is 229 Å². The Morgan fingerprint density at radius 3 is 2.45 bits per heavy atom. The van der Waals surface area contributed by atoms with E-state index in [2.05, 4.69) is 26.7 Å². The number of pyridine rings is 1. The van der Waals surface area contributed by atoms with Crippen LogP contribution in [0.25, 0.3) is 33.1 Å². The smallest absolute Gasteiger partial charge is 0.335 e. The Balaban J connectivity index is 1.39. The first-order valence-electron chi connectivity index (χ1n) is 12.9. The molecule has 0 radical (unpaired) electrons. The summed E-state index contributed by atoms with van der Waals surface area (Å²) < 4.78 is 1.75. The lowest BCUT2D eigenvalue weighted by atomic mass is 10.00. The largest absolute Gasteiger partial charge is 0.478 e. The van der Waals surface area contributed by atoms with Crippen LogP contribution < -0.4 is 5.32 Å². The summed E-state index contributed by atoms with van der Waals surface area (Å²) in [6.45, 7) is 2.29. The molecule has 1 atom stereocenters. The number of carbonyl (C=O) groups is 2. The molecule has 6 rings (SSSR count). The number of fused-ring (bicyclic) bond motifs is 2. The van der Waals surface area contributed by atoms with E-state index in [4.69, 9.17) is 0 Å². The summed E-state index contributed by atoms with van der Waals surface area (Å²) in [4.78, 5) is 29.4. The van der Waals surface area contributed by atoms with E-state index in [1.807, 2.05) is 73.7 Å². The molecule has 6 aromatic rings. The molecular formula is C32H25N5O3. The van der Waals surface area contributed by atoms with Crippen molar-refractivity contribution >= 4 is 33.8 Å². The third kappa shape index (κ3) is 4.90. The molecule has 8 nitrogen and oxygen atoms in total. The highest BCUT2D eigenvalue weighted by molar-refractivity contribution is 6.06. The number of nitrogens with zero attached hydrogens (tertiary/aromatic N) is 4. The van der Waals surface area contributed by atoms with Gasteiger partial charge >= 0.3 is 5.97 Å². The molecule has 0 fully saturated rings. The monoisotopic (exact) mass is 527 g/mol. The number of aromatic nitrogens is 4. The van der Waals surface area contributed by atoms with Crippen molar-refractivity contribution in [3.8, 4) is 11.1 Å². The van der Waals surface area contributed by atoms with Gasteiger partial charge in [0, 0.05) is 11.6 Å². The van der Waals surface area contributed by atoms with Gasteiger partial charge in [0.2, 0.25) is 0 Å². The first-order chi connectivity index (χ1) is 19.5. The van der Waals surface area contributed by atoms with Gasteiger partial charge in [-0.05, 0) is 71.6 Å². The first-order valence-corrected chi connectivity index (χ1v) is 12.9. The molecule has 2 aromatic heterocycles. The summed E-state index contributed by atoms with van der Waals surface area (Å²) >= 11 is 0. The number of carbonyl (C=O) groups excluding carboxylic acids is 1. The summed E-state index contributed by atoms with van der Waals surface area (Å²) in [5.41, 5.74) is 6.45. The van der Waals surface area contributed by atoms with Crippen LogP contribution in [-0.4, -0.2) is 37.0 Å². The minimum atomic E-state index is -0.994. The van der Waals surface area contributed by atoms with E-state index in [0.29, 0.717) is 23.1 Å². The molecule has 0 aliphatic heterocycles. The van der Waals surface area contributed by atoms with Gasteiger partial charge in [-0.25, -0.2) is 9.48 Å². The topological polar surface area (TPSA) is 110 Å². The molecule has 0 saturated carbocycles. The Morgan fingerprint density at radius 2 is 1.68 bits per heavy atom. The van der Waals surface area contributed by atoms with E-state index in [1.165, 1.54) is 12.1 Å². The normalized spacial score (nSPS) is 11.9. The SMILES string of the molecule is C[C@H](NC(=O)c1cc(-c2ccccc2)cc2nnn(Cc3ccc4ncccc4c3)c12)c1ccc(C(=O)O)cc1. The maximum absolute atomic E-state index is 13.8. The van der Waals surface area contributed by atoms with Crippen LogP contribution in [-0.2, 0) is 6.54 Å². The third-order valence-corrected chi connectivity index (χ3v) is 6.97. The van der Waals surface area contributed by atoms with E-state index in [-0.39, 0.29) is 17.5 Å². The molecule has 2 heterocycles. The molecule has 4 aromatic carbocycles. The Kier molecular flexibility index (Phi) is 6.49. The summed E-state index contributed by atoms with van der Waals surface area (Å²) in [5.74, 6) is -1.27. The lowest BCUT2D eigenvalue weighted by molar-refractivity contribution is 0.0696. The van der Waals surface area contributed by atoms with Gasteiger partial charge in [-0.1, -0.05) is 59.8 Å². The minimum absolute atomic E-state index is 0.194. The van der Waals surface area contributed by atoms with Gasteiger partial charge in [-0.2, -0.15) is 0 Å². The fourth-order valence-electron chi connectivity index (χ4n) is 4.86. The van der Waals surface area contributed by atoms with Gasteiger partial charge in [0.1, 0.15) is 11.0 Å². The van der Waals surface area contributed by atoms with Crippen LogP contribution >= 0.6 is 0 Å². The van der Waals surface area contributed by atoms with Crippen LogP contribution in [0.2, 0.25) is 0 Å². The van der Waals surface area contributed by atoms with Crippen LogP contribution in [0, 0.1) is 0 Å². The van der Waals surface area contributed by atoms with Crippen molar-refractivity contribution in [3.05, 3.63) is 126 Å². The number of nitrogens with one attached hydrogen (secondary N) is 1. The van der Waals surface area contributed by atoms with Gasteiger partial charge < -0.3 is 10.4 Å². The highest BCUT2D eigenvalue weighted by atomic mass is 16.4.